The third kappa shape index (κ3) is 3.34. The summed E-state index contributed by atoms with van der Waals surface area (Å²) in [6.07, 6.45) is 0.669. The maximum absolute atomic E-state index is 12.0. The number of hydrogen-bond acceptors (Lipinski definition) is 4. The third-order valence-electron chi connectivity index (χ3n) is 2.70. The summed E-state index contributed by atoms with van der Waals surface area (Å²) in [6.45, 7) is 9.37. The van der Waals surface area contributed by atoms with Crippen molar-refractivity contribution < 1.29 is 19.1 Å². The first-order valence-corrected chi connectivity index (χ1v) is 6.35. The van der Waals surface area contributed by atoms with E-state index in [1.54, 1.807) is 26.8 Å². The van der Waals surface area contributed by atoms with E-state index in [4.69, 9.17) is 9.47 Å². The molecule has 1 aromatic carbocycles. The highest BCUT2D eigenvalue weighted by atomic mass is 16.5. The van der Waals surface area contributed by atoms with Gasteiger partial charge in [0.15, 0.2) is 6.29 Å². The summed E-state index contributed by atoms with van der Waals surface area (Å²) in [5, 5.41) is 0. The minimum Gasteiger partial charge on any atom is -0.490 e. The van der Waals surface area contributed by atoms with Crippen molar-refractivity contribution >= 4 is 12.3 Å². The molecule has 0 amide bonds. The summed E-state index contributed by atoms with van der Waals surface area (Å²) in [7, 11) is 0. The summed E-state index contributed by atoms with van der Waals surface area (Å²) in [5.74, 6) is 0.0715. The monoisotopic (exact) mass is 264 g/mol. The van der Waals surface area contributed by atoms with E-state index in [9.17, 15) is 9.59 Å². The lowest BCUT2D eigenvalue weighted by Crippen LogP contribution is -2.14. The number of ether oxygens (including phenoxy) is 2. The molecule has 0 spiro atoms. The van der Waals surface area contributed by atoms with Gasteiger partial charge in [-0.1, -0.05) is 0 Å². The fraction of sp³-hybridized carbons (Fsp3) is 0.467. The normalized spacial score (nSPS) is 10.4. The lowest BCUT2D eigenvalue weighted by atomic mass is 9.98. The molecule has 0 N–H and O–H groups in total. The Bertz CT molecular complexity index is 489. The first-order valence-electron chi connectivity index (χ1n) is 6.35. The van der Waals surface area contributed by atoms with E-state index in [1.165, 1.54) is 0 Å². The van der Waals surface area contributed by atoms with Crippen LogP contribution in [0.2, 0.25) is 0 Å². The molecular weight excluding hydrogens is 244 g/mol. The van der Waals surface area contributed by atoms with Crippen molar-refractivity contribution in [3.8, 4) is 5.75 Å². The van der Waals surface area contributed by atoms with Gasteiger partial charge >= 0.3 is 5.97 Å². The highest BCUT2D eigenvalue weighted by Gasteiger charge is 2.20. The van der Waals surface area contributed by atoms with Crippen molar-refractivity contribution in [3.63, 3.8) is 0 Å². The van der Waals surface area contributed by atoms with E-state index in [1.807, 2.05) is 13.8 Å². The minimum atomic E-state index is -0.386. The van der Waals surface area contributed by atoms with Gasteiger partial charge in [-0.15, -0.1) is 0 Å². The Morgan fingerprint density at radius 1 is 1.37 bits per heavy atom. The van der Waals surface area contributed by atoms with Crippen LogP contribution in [-0.4, -0.2) is 25.0 Å². The topological polar surface area (TPSA) is 52.6 Å². The van der Waals surface area contributed by atoms with Gasteiger partial charge in [-0.2, -0.15) is 0 Å². The van der Waals surface area contributed by atoms with Crippen molar-refractivity contribution in [1.82, 2.24) is 0 Å². The number of carbonyl (C=O) groups excluding carboxylic acids is 2. The molecule has 1 rings (SSSR count). The predicted octanol–water partition coefficient (Wildman–Crippen LogP) is 3.08. The van der Waals surface area contributed by atoms with Crippen LogP contribution >= 0.6 is 0 Å². The maximum Gasteiger partial charge on any atom is 0.338 e. The van der Waals surface area contributed by atoms with Crippen molar-refractivity contribution in [1.29, 1.82) is 0 Å². The molecule has 0 aliphatic heterocycles. The van der Waals surface area contributed by atoms with E-state index < -0.39 is 0 Å². The Hall–Kier alpha value is -1.84. The molecule has 4 heteroatoms. The van der Waals surface area contributed by atoms with Crippen LogP contribution in [0.4, 0.5) is 0 Å². The van der Waals surface area contributed by atoms with Gasteiger partial charge in [0, 0.05) is 5.56 Å². The molecule has 0 atom stereocenters. The van der Waals surface area contributed by atoms with Crippen molar-refractivity contribution in [2.45, 2.75) is 40.7 Å². The predicted molar refractivity (Wildman–Crippen MR) is 73.0 cm³/mol. The van der Waals surface area contributed by atoms with Crippen molar-refractivity contribution in [3.05, 3.63) is 28.3 Å². The van der Waals surface area contributed by atoms with Crippen LogP contribution in [0.25, 0.3) is 0 Å². The van der Waals surface area contributed by atoms with E-state index in [0.29, 0.717) is 34.6 Å². The smallest absolute Gasteiger partial charge is 0.338 e. The molecule has 0 heterocycles. The molecule has 0 saturated heterocycles. The molecule has 0 aliphatic rings. The Kier molecular flexibility index (Phi) is 5.10. The van der Waals surface area contributed by atoms with Gasteiger partial charge in [-0.05, 0) is 46.2 Å². The summed E-state index contributed by atoms with van der Waals surface area (Å²) in [5.41, 5.74) is 2.29. The second kappa shape index (κ2) is 6.36. The van der Waals surface area contributed by atoms with Crippen molar-refractivity contribution in [2.24, 2.45) is 0 Å². The van der Waals surface area contributed by atoms with Crippen LogP contribution in [0.1, 0.15) is 52.6 Å². The maximum atomic E-state index is 12.0. The van der Waals surface area contributed by atoms with Crippen LogP contribution in [-0.2, 0) is 4.74 Å². The zero-order valence-corrected chi connectivity index (χ0v) is 12.1. The Morgan fingerprint density at radius 3 is 2.47 bits per heavy atom. The Labute approximate surface area is 113 Å². The first-order chi connectivity index (χ1) is 8.92. The molecule has 0 aromatic heterocycles. The lowest BCUT2D eigenvalue weighted by Gasteiger charge is -2.18. The molecule has 0 saturated carbocycles. The van der Waals surface area contributed by atoms with Gasteiger partial charge in [0.25, 0.3) is 0 Å². The molecule has 0 unspecified atom stereocenters. The fourth-order valence-corrected chi connectivity index (χ4v) is 1.99. The average Bonchev–Trinajstić information content (AvgIpc) is 2.32. The first kappa shape index (κ1) is 15.2. The number of carbonyl (C=O) groups is 2. The van der Waals surface area contributed by atoms with Gasteiger partial charge in [0.05, 0.1) is 23.8 Å². The molecular formula is C15H20O4. The van der Waals surface area contributed by atoms with E-state index >= 15 is 0 Å². The van der Waals surface area contributed by atoms with Crippen LogP contribution in [0.15, 0.2) is 6.07 Å². The SMILES string of the molecule is CCOC(=O)c1c(C)cc(C=O)c(OC(C)C)c1C. The molecule has 4 nitrogen and oxygen atoms in total. The van der Waals surface area contributed by atoms with Crippen LogP contribution in [0.3, 0.4) is 0 Å². The summed E-state index contributed by atoms with van der Waals surface area (Å²) in [4.78, 5) is 23.1. The molecule has 1 aromatic rings. The quantitative estimate of drug-likeness (QED) is 0.605. The van der Waals surface area contributed by atoms with E-state index in [0.717, 1.165) is 6.29 Å². The van der Waals surface area contributed by atoms with Crippen LogP contribution in [0, 0.1) is 13.8 Å². The van der Waals surface area contributed by atoms with E-state index in [-0.39, 0.29) is 12.1 Å². The highest BCUT2D eigenvalue weighted by Crippen LogP contribution is 2.30. The average molecular weight is 264 g/mol. The van der Waals surface area contributed by atoms with Gasteiger partial charge in [0.1, 0.15) is 5.75 Å². The van der Waals surface area contributed by atoms with Crippen molar-refractivity contribution in [2.75, 3.05) is 6.61 Å². The zero-order valence-electron chi connectivity index (χ0n) is 12.1. The van der Waals surface area contributed by atoms with Crippen LogP contribution in [0.5, 0.6) is 5.75 Å². The molecule has 0 aliphatic carbocycles. The second-order valence-electron chi connectivity index (χ2n) is 4.62. The molecule has 0 fully saturated rings. The number of hydrogen-bond donors (Lipinski definition) is 0. The number of aryl methyl sites for hydroxylation is 1. The second-order valence-corrected chi connectivity index (χ2v) is 4.62. The summed E-state index contributed by atoms with van der Waals surface area (Å²) >= 11 is 0. The zero-order chi connectivity index (χ0) is 14.6. The minimum absolute atomic E-state index is 0.0739. The molecule has 0 bridgehead atoms. The molecule has 104 valence electrons. The Morgan fingerprint density at radius 2 is 2.00 bits per heavy atom. The molecule has 0 radical (unpaired) electrons. The van der Waals surface area contributed by atoms with Gasteiger partial charge in [-0.3, -0.25) is 4.79 Å². The largest absolute Gasteiger partial charge is 0.490 e. The van der Waals surface area contributed by atoms with Gasteiger partial charge < -0.3 is 9.47 Å². The van der Waals surface area contributed by atoms with Gasteiger partial charge in [0.2, 0.25) is 0 Å². The summed E-state index contributed by atoms with van der Waals surface area (Å²) in [6, 6.07) is 1.66. The molecule has 19 heavy (non-hydrogen) atoms. The summed E-state index contributed by atoms with van der Waals surface area (Å²) < 4.78 is 10.7. The fourth-order valence-electron chi connectivity index (χ4n) is 1.99. The Balaban J connectivity index is 3.41. The standard InChI is InChI=1S/C15H20O4/c1-6-18-15(17)13-10(4)7-12(8-16)14(11(13)5)19-9(2)3/h7-9H,6H2,1-5H3. The van der Waals surface area contributed by atoms with Crippen LogP contribution < -0.4 is 4.74 Å². The number of benzene rings is 1. The number of rotatable bonds is 5. The highest BCUT2D eigenvalue weighted by molar-refractivity contribution is 5.95. The number of esters is 1. The lowest BCUT2D eigenvalue weighted by molar-refractivity contribution is 0.0523. The number of aldehydes is 1. The third-order valence-corrected chi connectivity index (χ3v) is 2.70. The van der Waals surface area contributed by atoms with Gasteiger partial charge in [-0.25, -0.2) is 4.79 Å². The van der Waals surface area contributed by atoms with E-state index in [2.05, 4.69) is 0 Å².